The molecule has 3 atom stereocenters. The Hall–Kier alpha value is -7.83. The number of carbonyl (C=O) groups excluding carboxylic acids is 7. The highest BCUT2D eigenvalue weighted by molar-refractivity contribution is 6.06. The van der Waals surface area contributed by atoms with Crippen LogP contribution in [0.4, 0.5) is 11.4 Å². The first-order valence-corrected chi connectivity index (χ1v) is 24.4. The van der Waals surface area contributed by atoms with Crippen molar-refractivity contribution in [3.05, 3.63) is 84.2 Å². The van der Waals surface area contributed by atoms with Gasteiger partial charge in [-0.15, -0.1) is 0 Å². The van der Waals surface area contributed by atoms with E-state index < -0.39 is 23.8 Å². The number of unbranched alkanes of at least 4 members (excludes halogenated alkanes) is 2. The van der Waals surface area contributed by atoms with Crippen molar-refractivity contribution < 1.29 is 57.2 Å². The Morgan fingerprint density at radius 2 is 1.53 bits per heavy atom. The van der Waals surface area contributed by atoms with Gasteiger partial charge in [0, 0.05) is 82.6 Å². The zero-order chi connectivity index (χ0) is 52.8. The number of nitrogens with zero attached hydrogens (tertiary/aromatic N) is 5. The molecule has 3 aliphatic rings. The normalized spacial score (nSPS) is 15.8. The van der Waals surface area contributed by atoms with Crippen molar-refractivity contribution in [1.82, 2.24) is 25.3 Å². The fourth-order valence-corrected chi connectivity index (χ4v) is 8.47. The number of rotatable bonds is 26. The van der Waals surface area contributed by atoms with Crippen molar-refractivity contribution in [1.29, 1.82) is 0 Å². The molecule has 3 heterocycles. The Balaban J connectivity index is 1.03. The standard InChI is InChI=1S/C54H65N7O12/c1-9-59(5)53(67)39-26-44(70-7)47(29-42(39)56-32-57-52(66)34(4)24-43(62)51(33(2)3)58-48(63)14-11-10-12-21-60-49(64)19-20-50(60)65)73-23-13-22-72-46-28-41-40(27-45(46)71-8)54(68)61-31-36(25-37(61)30-55-41)35-15-17-38(69-6)18-16-35/h9,15-18,26-34,37,51H,1,10-14,19-25H2,2-8H3,(H,58,63)(H,56,57,66)/t34-,37+,51+/m1/s1. The Kier molecular flexibility index (Phi) is 19.1. The summed E-state index contributed by atoms with van der Waals surface area (Å²) in [4.78, 5) is 104. The van der Waals surface area contributed by atoms with Crippen molar-refractivity contribution in [2.45, 2.75) is 90.6 Å². The third-order valence-corrected chi connectivity index (χ3v) is 12.7. The van der Waals surface area contributed by atoms with Gasteiger partial charge in [0.15, 0.2) is 28.8 Å². The van der Waals surface area contributed by atoms with E-state index >= 15 is 0 Å². The van der Waals surface area contributed by atoms with Crippen molar-refractivity contribution in [3.63, 3.8) is 0 Å². The number of ketones is 1. The van der Waals surface area contributed by atoms with Crippen LogP contribution in [0.15, 0.2) is 77.5 Å². The first-order valence-electron chi connectivity index (χ1n) is 24.4. The summed E-state index contributed by atoms with van der Waals surface area (Å²) in [6.07, 6.45) is 9.34. The first-order chi connectivity index (χ1) is 35.1. The quantitative estimate of drug-likeness (QED) is 0.0360. The molecule has 0 aliphatic carbocycles. The van der Waals surface area contributed by atoms with Gasteiger partial charge in [0.25, 0.3) is 11.8 Å². The van der Waals surface area contributed by atoms with Gasteiger partial charge >= 0.3 is 0 Å². The van der Waals surface area contributed by atoms with Gasteiger partial charge in [-0.2, -0.15) is 0 Å². The summed E-state index contributed by atoms with van der Waals surface area (Å²) in [7, 11) is 6.07. The molecule has 0 bridgehead atoms. The van der Waals surface area contributed by atoms with Crippen LogP contribution in [-0.4, -0.2) is 129 Å². The number of fused-ring (bicyclic) bond motifs is 2. The predicted molar refractivity (Wildman–Crippen MR) is 274 cm³/mol. The van der Waals surface area contributed by atoms with E-state index in [9.17, 15) is 33.6 Å². The number of benzene rings is 3. The number of nitrogens with one attached hydrogen (secondary N) is 2. The lowest BCUT2D eigenvalue weighted by atomic mass is 9.92. The molecule has 3 aromatic rings. The number of ether oxygens (including phenoxy) is 5. The molecule has 2 N–H and O–H groups in total. The highest BCUT2D eigenvalue weighted by atomic mass is 16.5. The minimum Gasteiger partial charge on any atom is -0.497 e. The summed E-state index contributed by atoms with van der Waals surface area (Å²) >= 11 is 0. The highest BCUT2D eigenvalue weighted by Crippen LogP contribution is 2.40. The molecule has 3 aromatic carbocycles. The number of imide groups is 1. The summed E-state index contributed by atoms with van der Waals surface area (Å²) in [6, 6.07) is 12.9. The third-order valence-electron chi connectivity index (χ3n) is 12.7. The molecule has 0 radical (unpaired) electrons. The van der Waals surface area contributed by atoms with Crippen molar-refractivity contribution in [2.24, 2.45) is 21.8 Å². The van der Waals surface area contributed by atoms with E-state index in [1.165, 1.54) is 49.4 Å². The lowest BCUT2D eigenvalue weighted by Gasteiger charge is -2.22. The second-order valence-corrected chi connectivity index (χ2v) is 18.2. The maximum absolute atomic E-state index is 13.8. The van der Waals surface area contributed by atoms with Crippen LogP contribution in [-0.2, 0) is 24.0 Å². The first kappa shape index (κ1) is 54.5. The zero-order valence-electron chi connectivity index (χ0n) is 42.6. The Labute approximate surface area is 425 Å². The molecule has 73 heavy (non-hydrogen) atoms. The third kappa shape index (κ3) is 13.8. The van der Waals surface area contributed by atoms with Gasteiger partial charge in [-0.1, -0.05) is 45.9 Å². The average molecular weight is 1000 g/mol. The Morgan fingerprint density at radius 1 is 0.863 bits per heavy atom. The molecule has 0 aromatic heterocycles. The number of hydrogen-bond acceptors (Lipinski definition) is 14. The number of likely N-dealkylation sites (tertiary alicyclic amines) is 1. The topological polar surface area (TPSA) is 224 Å². The molecule has 6 amide bonds. The monoisotopic (exact) mass is 1000 g/mol. The molecule has 19 heteroatoms. The smallest absolute Gasteiger partial charge is 0.260 e. The lowest BCUT2D eigenvalue weighted by molar-refractivity contribution is -0.138. The molecule has 1 saturated heterocycles. The number of amides is 6. The van der Waals surface area contributed by atoms with E-state index in [-0.39, 0.29) is 103 Å². The highest BCUT2D eigenvalue weighted by Gasteiger charge is 2.34. The van der Waals surface area contributed by atoms with Crippen LogP contribution in [0.2, 0.25) is 0 Å². The van der Waals surface area contributed by atoms with Crippen LogP contribution in [0, 0.1) is 11.8 Å². The molecule has 1 fully saturated rings. The van der Waals surface area contributed by atoms with E-state index in [0.717, 1.165) is 23.2 Å². The van der Waals surface area contributed by atoms with E-state index in [2.05, 4.69) is 22.2 Å². The Bertz CT molecular complexity index is 2650. The van der Waals surface area contributed by atoms with Gasteiger partial charge < -0.3 is 44.1 Å². The number of hydrogen-bond donors (Lipinski definition) is 2. The predicted octanol–water partition coefficient (Wildman–Crippen LogP) is 6.97. The van der Waals surface area contributed by atoms with Crippen LogP contribution in [0.3, 0.4) is 0 Å². The van der Waals surface area contributed by atoms with E-state index in [4.69, 9.17) is 28.7 Å². The minimum atomic E-state index is -0.813. The zero-order valence-corrected chi connectivity index (χ0v) is 42.6. The van der Waals surface area contributed by atoms with Crippen molar-refractivity contribution in [2.75, 3.05) is 48.1 Å². The van der Waals surface area contributed by atoms with Gasteiger partial charge in [-0.25, -0.2) is 4.99 Å². The van der Waals surface area contributed by atoms with Gasteiger partial charge in [0.1, 0.15) is 5.75 Å². The largest absolute Gasteiger partial charge is 0.497 e. The van der Waals surface area contributed by atoms with E-state index in [1.54, 1.807) is 37.3 Å². The maximum Gasteiger partial charge on any atom is 0.260 e. The second kappa shape index (κ2) is 25.5. The fraction of sp³-hybridized carbons (Fsp3) is 0.426. The van der Waals surface area contributed by atoms with Crippen LogP contribution >= 0.6 is 0 Å². The molecule has 19 nitrogen and oxygen atoms in total. The lowest BCUT2D eigenvalue weighted by Crippen LogP contribution is -2.45. The maximum atomic E-state index is 13.8. The molecule has 0 unspecified atom stereocenters. The number of aliphatic imine (C=N–C) groups is 2. The van der Waals surface area contributed by atoms with Crippen LogP contribution in [0.25, 0.3) is 5.57 Å². The summed E-state index contributed by atoms with van der Waals surface area (Å²) in [5.74, 6) is -1.15. The van der Waals surface area contributed by atoms with Crippen molar-refractivity contribution >= 4 is 70.7 Å². The SMILES string of the molecule is C=CN(C)C(=O)c1cc(OC)c(OCCCOc2cc3c(cc2OC)C(=O)N2C=C(c4ccc(OC)cc4)C[C@H]2C=N3)cc1N=CNC(=O)[C@H](C)CC(=O)[C@@H](NC(=O)CCCCCN1C(=O)CCC1=O)C(C)C. The summed E-state index contributed by atoms with van der Waals surface area (Å²) in [5.41, 5.74) is 3.11. The molecular weight excluding hydrogens is 939 g/mol. The minimum absolute atomic E-state index is 0.126. The fourth-order valence-electron chi connectivity index (χ4n) is 8.47. The van der Waals surface area contributed by atoms with Crippen LogP contribution < -0.4 is 34.3 Å². The molecular formula is C54H65N7O12. The number of Topliss-reactive ketones (excluding diaryl/α,β-unsaturated/α-hetero) is 1. The molecule has 0 spiro atoms. The van der Waals surface area contributed by atoms with Gasteiger partial charge in [-0.3, -0.25) is 43.5 Å². The summed E-state index contributed by atoms with van der Waals surface area (Å²) < 4.78 is 28.8. The van der Waals surface area contributed by atoms with Gasteiger partial charge in [-0.05, 0) is 60.4 Å². The summed E-state index contributed by atoms with van der Waals surface area (Å²) in [6.45, 7) is 9.56. The van der Waals surface area contributed by atoms with Crippen LogP contribution in [0.1, 0.15) is 105 Å². The molecule has 0 saturated carbocycles. The van der Waals surface area contributed by atoms with Gasteiger partial charge in [0.2, 0.25) is 23.6 Å². The summed E-state index contributed by atoms with van der Waals surface area (Å²) in [5, 5.41) is 5.42. The average Bonchev–Trinajstić information content (AvgIpc) is 3.93. The van der Waals surface area contributed by atoms with Crippen LogP contribution in [0.5, 0.6) is 28.7 Å². The van der Waals surface area contributed by atoms with Gasteiger partial charge in [0.05, 0.1) is 75.5 Å². The molecule has 6 rings (SSSR count). The Morgan fingerprint density at radius 3 is 2.18 bits per heavy atom. The second-order valence-electron chi connectivity index (χ2n) is 18.2. The molecule has 388 valence electrons. The van der Waals surface area contributed by atoms with E-state index in [0.29, 0.717) is 61.4 Å². The molecule has 3 aliphatic heterocycles. The van der Waals surface area contributed by atoms with Crippen molar-refractivity contribution in [3.8, 4) is 28.7 Å². The number of carbonyl (C=O) groups is 7. The number of methoxy groups -OCH3 is 3. The van der Waals surface area contributed by atoms with E-state index in [1.807, 2.05) is 44.3 Å².